The third-order valence-corrected chi connectivity index (χ3v) is 3.81. The second-order valence-corrected chi connectivity index (χ2v) is 5.13. The van der Waals surface area contributed by atoms with Crippen molar-refractivity contribution in [2.45, 2.75) is 26.4 Å². The lowest BCUT2D eigenvalue weighted by Gasteiger charge is -2.00. The molecule has 18 heavy (non-hydrogen) atoms. The fourth-order valence-corrected chi connectivity index (χ4v) is 2.47. The summed E-state index contributed by atoms with van der Waals surface area (Å²) in [7, 11) is 0. The summed E-state index contributed by atoms with van der Waals surface area (Å²) in [5.41, 5.74) is 5.42. The average Bonchev–Trinajstić information content (AvgIpc) is 3.04. The number of amides is 1. The van der Waals surface area contributed by atoms with Gasteiger partial charge >= 0.3 is 0 Å². The topological polar surface area (TPSA) is 68.3 Å². The minimum Gasteiger partial charge on any atom is -0.455 e. The van der Waals surface area contributed by atoms with Crippen LogP contribution in [0.15, 0.2) is 28.7 Å². The number of nitrogens with one attached hydrogen (secondary N) is 1. The molecule has 0 spiro atoms. The molecule has 0 aliphatic rings. The van der Waals surface area contributed by atoms with Gasteiger partial charge in [0.2, 0.25) is 0 Å². The highest BCUT2D eigenvalue weighted by Crippen LogP contribution is 2.16. The van der Waals surface area contributed by atoms with Crippen molar-refractivity contribution in [1.29, 1.82) is 0 Å². The lowest BCUT2D eigenvalue weighted by Crippen LogP contribution is -2.21. The maximum Gasteiger partial charge on any atom is 0.287 e. The summed E-state index contributed by atoms with van der Waals surface area (Å²) in [5.74, 6) is 0.716. The first-order valence-corrected chi connectivity index (χ1v) is 6.69. The molecule has 0 aliphatic carbocycles. The summed E-state index contributed by atoms with van der Waals surface area (Å²) >= 11 is 1.71. The number of rotatable bonds is 5. The van der Waals surface area contributed by atoms with E-state index in [-0.39, 0.29) is 5.91 Å². The molecule has 3 N–H and O–H groups in total. The van der Waals surface area contributed by atoms with Crippen molar-refractivity contribution in [3.8, 4) is 0 Å². The Bertz CT molecular complexity index is 531. The van der Waals surface area contributed by atoms with Gasteiger partial charge in [0.05, 0.1) is 13.1 Å². The van der Waals surface area contributed by atoms with Crippen LogP contribution in [0.25, 0.3) is 0 Å². The van der Waals surface area contributed by atoms with Gasteiger partial charge in [-0.25, -0.2) is 0 Å². The maximum atomic E-state index is 11.8. The van der Waals surface area contributed by atoms with Crippen molar-refractivity contribution in [2.75, 3.05) is 0 Å². The average molecular weight is 264 g/mol. The zero-order valence-electron chi connectivity index (χ0n) is 10.2. The first kappa shape index (κ1) is 12.9. The third kappa shape index (κ3) is 3.00. The Kier molecular flexibility index (Phi) is 4.17. The third-order valence-electron chi connectivity index (χ3n) is 2.58. The summed E-state index contributed by atoms with van der Waals surface area (Å²) < 4.78 is 5.28. The van der Waals surface area contributed by atoms with Crippen LogP contribution in [0, 0.1) is 0 Å². The van der Waals surface area contributed by atoms with Gasteiger partial charge in [-0.05, 0) is 30.7 Å². The molecular formula is C13H16N2O2S. The summed E-state index contributed by atoms with van der Waals surface area (Å²) in [6.45, 7) is 2.95. The first-order valence-electron chi connectivity index (χ1n) is 5.87. The Morgan fingerprint density at radius 1 is 1.33 bits per heavy atom. The van der Waals surface area contributed by atoms with E-state index in [2.05, 4.69) is 18.3 Å². The lowest BCUT2D eigenvalue weighted by molar-refractivity contribution is 0.0922. The summed E-state index contributed by atoms with van der Waals surface area (Å²) in [5, 5.41) is 2.83. The van der Waals surface area contributed by atoms with Crippen molar-refractivity contribution < 1.29 is 9.21 Å². The van der Waals surface area contributed by atoms with Crippen LogP contribution in [0.5, 0.6) is 0 Å². The Hall–Kier alpha value is -1.59. The van der Waals surface area contributed by atoms with E-state index < -0.39 is 0 Å². The number of nitrogens with two attached hydrogens (primary N) is 1. The maximum absolute atomic E-state index is 11.8. The van der Waals surface area contributed by atoms with E-state index in [1.807, 2.05) is 6.07 Å². The Morgan fingerprint density at radius 2 is 2.11 bits per heavy atom. The highest BCUT2D eigenvalue weighted by molar-refractivity contribution is 7.11. The van der Waals surface area contributed by atoms with Crippen LogP contribution < -0.4 is 11.1 Å². The van der Waals surface area contributed by atoms with Crippen LogP contribution in [0.2, 0.25) is 0 Å². The summed E-state index contributed by atoms with van der Waals surface area (Å²) in [6.07, 6.45) is 1.02. The first-order chi connectivity index (χ1) is 8.72. The minimum absolute atomic E-state index is 0.207. The van der Waals surface area contributed by atoms with Crippen LogP contribution in [-0.2, 0) is 19.5 Å². The number of hydrogen-bond acceptors (Lipinski definition) is 4. The molecular weight excluding hydrogens is 248 g/mol. The van der Waals surface area contributed by atoms with E-state index in [1.165, 1.54) is 4.88 Å². The lowest BCUT2D eigenvalue weighted by atomic mass is 10.3. The van der Waals surface area contributed by atoms with Gasteiger partial charge in [-0.1, -0.05) is 6.92 Å². The smallest absolute Gasteiger partial charge is 0.287 e. The Labute approximate surface area is 110 Å². The Balaban J connectivity index is 1.91. The van der Waals surface area contributed by atoms with Crippen LogP contribution >= 0.6 is 11.3 Å². The molecule has 0 fully saturated rings. The second kappa shape index (κ2) is 5.84. The predicted molar refractivity (Wildman–Crippen MR) is 71.5 cm³/mol. The van der Waals surface area contributed by atoms with Gasteiger partial charge in [0, 0.05) is 9.75 Å². The summed E-state index contributed by atoms with van der Waals surface area (Å²) in [6, 6.07) is 7.49. The molecule has 2 aromatic rings. The largest absolute Gasteiger partial charge is 0.455 e. The van der Waals surface area contributed by atoms with E-state index in [0.717, 1.165) is 11.3 Å². The van der Waals surface area contributed by atoms with E-state index in [4.69, 9.17) is 10.2 Å². The number of aryl methyl sites for hydroxylation is 1. The van der Waals surface area contributed by atoms with Gasteiger partial charge in [-0.15, -0.1) is 11.3 Å². The molecule has 1 amide bonds. The molecule has 0 saturated heterocycles. The number of furan rings is 1. The quantitative estimate of drug-likeness (QED) is 0.870. The van der Waals surface area contributed by atoms with Crippen molar-refractivity contribution in [3.63, 3.8) is 0 Å². The highest BCUT2D eigenvalue weighted by atomic mass is 32.1. The molecule has 0 radical (unpaired) electrons. The highest BCUT2D eigenvalue weighted by Gasteiger charge is 2.10. The van der Waals surface area contributed by atoms with Gasteiger partial charge in [0.15, 0.2) is 5.76 Å². The van der Waals surface area contributed by atoms with Gasteiger partial charge in [0.25, 0.3) is 5.91 Å². The molecule has 0 aliphatic heterocycles. The van der Waals surface area contributed by atoms with E-state index in [9.17, 15) is 4.79 Å². The molecule has 0 bridgehead atoms. The van der Waals surface area contributed by atoms with E-state index >= 15 is 0 Å². The molecule has 0 aromatic carbocycles. The van der Waals surface area contributed by atoms with Crippen LogP contribution in [0.1, 0.15) is 33.0 Å². The second-order valence-electron chi connectivity index (χ2n) is 3.87. The van der Waals surface area contributed by atoms with Crippen molar-refractivity contribution in [3.05, 3.63) is 45.5 Å². The molecule has 2 rings (SSSR count). The number of hydrogen-bond donors (Lipinski definition) is 2. The Morgan fingerprint density at radius 3 is 2.72 bits per heavy atom. The molecule has 0 unspecified atom stereocenters. The van der Waals surface area contributed by atoms with Gasteiger partial charge in [-0.2, -0.15) is 0 Å². The fourth-order valence-electron chi connectivity index (χ4n) is 1.57. The van der Waals surface area contributed by atoms with Gasteiger partial charge in [-0.3, -0.25) is 4.79 Å². The van der Waals surface area contributed by atoms with E-state index in [1.54, 1.807) is 23.5 Å². The molecule has 2 heterocycles. The van der Waals surface area contributed by atoms with Crippen molar-refractivity contribution in [1.82, 2.24) is 5.32 Å². The summed E-state index contributed by atoms with van der Waals surface area (Å²) in [4.78, 5) is 14.2. The molecule has 0 saturated carbocycles. The predicted octanol–water partition coefficient (Wildman–Crippen LogP) is 2.29. The molecule has 2 aromatic heterocycles. The number of thiophene rings is 1. The molecule has 0 atom stereocenters. The van der Waals surface area contributed by atoms with Crippen LogP contribution in [0.4, 0.5) is 0 Å². The molecule has 4 nitrogen and oxygen atoms in total. The van der Waals surface area contributed by atoms with Crippen molar-refractivity contribution in [2.24, 2.45) is 5.73 Å². The normalized spacial score (nSPS) is 10.6. The number of carbonyl (C=O) groups excluding carboxylic acids is 1. The molecule has 5 heteroatoms. The standard InChI is InChI=1S/C13H16N2O2S/c1-2-10-4-5-11(18-10)8-15-13(16)12-6-3-9(7-14)17-12/h3-6H,2,7-8,14H2,1H3,(H,15,16). The zero-order valence-corrected chi connectivity index (χ0v) is 11.0. The van der Waals surface area contributed by atoms with Crippen molar-refractivity contribution >= 4 is 17.2 Å². The zero-order chi connectivity index (χ0) is 13.0. The molecule has 96 valence electrons. The van der Waals surface area contributed by atoms with Gasteiger partial charge < -0.3 is 15.5 Å². The monoisotopic (exact) mass is 264 g/mol. The number of carbonyl (C=O) groups is 1. The van der Waals surface area contributed by atoms with Gasteiger partial charge in [0.1, 0.15) is 5.76 Å². The van der Waals surface area contributed by atoms with E-state index in [0.29, 0.717) is 24.6 Å². The fraction of sp³-hybridized carbons (Fsp3) is 0.308. The van der Waals surface area contributed by atoms with Crippen LogP contribution in [0.3, 0.4) is 0 Å². The minimum atomic E-state index is -0.207. The van der Waals surface area contributed by atoms with Crippen LogP contribution in [-0.4, -0.2) is 5.91 Å². The SMILES string of the molecule is CCc1ccc(CNC(=O)c2ccc(CN)o2)s1.